The SMILES string of the molecule is O=C(O)c1cc(S(=O)(=O)N2CC[C@@H](O)C2)ccc1F. The number of aliphatic hydroxyl groups excluding tert-OH is 1. The Balaban J connectivity index is 2.41. The highest BCUT2D eigenvalue weighted by atomic mass is 32.2. The smallest absolute Gasteiger partial charge is 0.338 e. The van der Waals surface area contributed by atoms with Crippen LogP contribution in [0.5, 0.6) is 0 Å². The summed E-state index contributed by atoms with van der Waals surface area (Å²) in [5.74, 6) is -2.52. The molecule has 0 bridgehead atoms. The molecule has 1 aliphatic rings. The van der Waals surface area contributed by atoms with Crippen LogP contribution in [-0.2, 0) is 10.0 Å². The molecule has 0 radical (unpaired) electrons. The van der Waals surface area contributed by atoms with Crippen molar-refractivity contribution in [1.29, 1.82) is 0 Å². The van der Waals surface area contributed by atoms with Gasteiger partial charge in [-0.3, -0.25) is 0 Å². The van der Waals surface area contributed by atoms with E-state index in [1.807, 2.05) is 0 Å². The molecule has 8 heteroatoms. The standard InChI is InChI=1S/C11H12FNO5S/c12-10-2-1-8(5-9(10)11(15)16)19(17,18)13-4-3-7(14)6-13/h1-2,5,7,14H,3-4,6H2,(H,15,16)/t7-/m1/s1. The molecule has 19 heavy (non-hydrogen) atoms. The molecule has 0 saturated carbocycles. The van der Waals surface area contributed by atoms with E-state index in [0.29, 0.717) is 6.42 Å². The van der Waals surface area contributed by atoms with Gasteiger partial charge in [0.2, 0.25) is 10.0 Å². The van der Waals surface area contributed by atoms with Crippen LogP contribution in [0.4, 0.5) is 4.39 Å². The molecule has 104 valence electrons. The number of halogens is 1. The number of aromatic carboxylic acids is 1. The van der Waals surface area contributed by atoms with E-state index in [-0.39, 0.29) is 18.0 Å². The van der Waals surface area contributed by atoms with Crippen molar-refractivity contribution in [1.82, 2.24) is 4.31 Å². The normalized spacial score (nSPS) is 20.6. The predicted molar refractivity (Wildman–Crippen MR) is 62.7 cm³/mol. The molecule has 2 rings (SSSR count). The summed E-state index contributed by atoms with van der Waals surface area (Å²) in [5.41, 5.74) is -0.694. The van der Waals surface area contributed by atoms with Gasteiger partial charge in [0.15, 0.2) is 0 Å². The highest BCUT2D eigenvalue weighted by Crippen LogP contribution is 2.23. The number of β-amino-alcohol motifs (C(OH)–C–C–N with tert-alkyl or cyclic N) is 1. The van der Waals surface area contributed by atoms with E-state index in [1.54, 1.807) is 0 Å². The first-order valence-corrected chi connectivity index (χ1v) is 6.97. The second kappa shape index (κ2) is 4.87. The van der Waals surface area contributed by atoms with Crippen molar-refractivity contribution in [2.24, 2.45) is 0 Å². The molecule has 1 atom stereocenters. The summed E-state index contributed by atoms with van der Waals surface area (Å²) in [7, 11) is -3.90. The summed E-state index contributed by atoms with van der Waals surface area (Å²) < 4.78 is 38.6. The van der Waals surface area contributed by atoms with Crippen LogP contribution in [0, 0.1) is 5.82 Å². The first-order valence-electron chi connectivity index (χ1n) is 5.53. The van der Waals surface area contributed by atoms with Gasteiger partial charge >= 0.3 is 5.97 Å². The fourth-order valence-electron chi connectivity index (χ4n) is 1.91. The summed E-state index contributed by atoms with van der Waals surface area (Å²) in [5, 5.41) is 18.1. The molecule has 0 aromatic heterocycles. The van der Waals surface area contributed by atoms with Crippen molar-refractivity contribution in [3.63, 3.8) is 0 Å². The lowest BCUT2D eigenvalue weighted by Crippen LogP contribution is -2.29. The molecule has 0 aliphatic carbocycles. The minimum atomic E-state index is -3.90. The zero-order valence-electron chi connectivity index (χ0n) is 9.78. The quantitative estimate of drug-likeness (QED) is 0.833. The predicted octanol–water partition coefficient (Wildman–Crippen LogP) is 0.279. The number of aliphatic hydroxyl groups is 1. The van der Waals surface area contributed by atoms with Crippen molar-refractivity contribution >= 4 is 16.0 Å². The van der Waals surface area contributed by atoms with Crippen molar-refractivity contribution in [2.45, 2.75) is 17.4 Å². The van der Waals surface area contributed by atoms with Crippen LogP contribution < -0.4 is 0 Å². The Morgan fingerprint density at radius 1 is 1.42 bits per heavy atom. The lowest BCUT2D eigenvalue weighted by molar-refractivity contribution is 0.0691. The molecule has 1 aromatic rings. The van der Waals surface area contributed by atoms with E-state index in [0.717, 1.165) is 22.5 Å². The van der Waals surface area contributed by atoms with E-state index >= 15 is 0 Å². The van der Waals surface area contributed by atoms with Crippen LogP contribution >= 0.6 is 0 Å². The Morgan fingerprint density at radius 2 is 2.11 bits per heavy atom. The summed E-state index contributed by atoms with van der Waals surface area (Å²) in [6.45, 7) is 0.116. The third kappa shape index (κ3) is 2.60. The molecule has 0 unspecified atom stereocenters. The van der Waals surface area contributed by atoms with Gasteiger partial charge in [-0.15, -0.1) is 0 Å². The second-order valence-electron chi connectivity index (χ2n) is 4.25. The third-order valence-corrected chi connectivity index (χ3v) is 4.79. The number of hydrogen-bond donors (Lipinski definition) is 2. The van der Waals surface area contributed by atoms with Gasteiger partial charge in [-0.05, 0) is 24.6 Å². The van der Waals surface area contributed by atoms with E-state index < -0.39 is 33.5 Å². The average molecular weight is 289 g/mol. The van der Waals surface area contributed by atoms with Gasteiger partial charge in [0.25, 0.3) is 0 Å². The molecular formula is C11H12FNO5S. The van der Waals surface area contributed by atoms with Crippen molar-refractivity contribution in [3.8, 4) is 0 Å². The number of carboxylic acids is 1. The van der Waals surface area contributed by atoms with Crippen LogP contribution in [0.3, 0.4) is 0 Å². The summed E-state index contributed by atoms with van der Waals surface area (Å²) >= 11 is 0. The highest BCUT2D eigenvalue weighted by molar-refractivity contribution is 7.89. The number of carboxylic acid groups (broad SMARTS) is 1. The van der Waals surface area contributed by atoms with Gasteiger partial charge in [-0.25, -0.2) is 17.6 Å². The van der Waals surface area contributed by atoms with E-state index in [4.69, 9.17) is 5.11 Å². The zero-order valence-corrected chi connectivity index (χ0v) is 10.6. The molecule has 0 amide bonds. The number of carbonyl (C=O) groups is 1. The number of hydrogen-bond acceptors (Lipinski definition) is 4. The number of rotatable bonds is 3. The lowest BCUT2D eigenvalue weighted by atomic mass is 10.2. The number of benzene rings is 1. The fraction of sp³-hybridized carbons (Fsp3) is 0.364. The molecule has 1 fully saturated rings. The Kier molecular flexibility index (Phi) is 3.57. The Hall–Kier alpha value is -1.51. The summed E-state index contributed by atoms with van der Waals surface area (Å²) in [6.07, 6.45) is -0.402. The minimum absolute atomic E-state index is 0.0396. The largest absolute Gasteiger partial charge is 0.478 e. The van der Waals surface area contributed by atoms with Gasteiger partial charge in [0, 0.05) is 13.1 Å². The number of sulfonamides is 1. The van der Waals surface area contributed by atoms with Crippen LogP contribution in [0.2, 0.25) is 0 Å². The van der Waals surface area contributed by atoms with Crippen molar-refractivity contribution in [3.05, 3.63) is 29.6 Å². The molecule has 6 nitrogen and oxygen atoms in total. The third-order valence-electron chi connectivity index (χ3n) is 2.93. The lowest BCUT2D eigenvalue weighted by Gasteiger charge is -2.16. The average Bonchev–Trinajstić information content (AvgIpc) is 2.76. The van der Waals surface area contributed by atoms with E-state index in [9.17, 15) is 22.7 Å². The Bertz CT molecular complexity index is 616. The van der Waals surface area contributed by atoms with Crippen LogP contribution in [-0.4, -0.2) is 48.1 Å². The maximum absolute atomic E-state index is 13.2. The monoisotopic (exact) mass is 289 g/mol. The highest BCUT2D eigenvalue weighted by Gasteiger charge is 2.32. The molecule has 1 saturated heterocycles. The van der Waals surface area contributed by atoms with Gasteiger partial charge < -0.3 is 10.2 Å². The van der Waals surface area contributed by atoms with Crippen LogP contribution in [0.25, 0.3) is 0 Å². The van der Waals surface area contributed by atoms with Crippen molar-refractivity contribution < 1.29 is 27.8 Å². The summed E-state index contributed by atoms with van der Waals surface area (Å²) in [6, 6.07) is 2.61. The zero-order chi connectivity index (χ0) is 14.2. The first kappa shape index (κ1) is 13.9. The maximum atomic E-state index is 13.2. The Morgan fingerprint density at radius 3 is 2.63 bits per heavy atom. The van der Waals surface area contributed by atoms with Gasteiger partial charge in [-0.2, -0.15) is 4.31 Å². The first-order chi connectivity index (χ1) is 8.82. The van der Waals surface area contributed by atoms with Gasteiger partial charge in [-0.1, -0.05) is 0 Å². The van der Waals surface area contributed by atoms with Crippen LogP contribution in [0.1, 0.15) is 16.8 Å². The molecule has 1 heterocycles. The van der Waals surface area contributed by atoms with Crippen LogP contribution in [0.15, 0.2) is 23.1 Å². The van der Waals surface area contributed by atoms with Gasteiger partial charge in [0.1, 0.15) is 5.82 Å². The maximum Gasteiger partial charge on any atom is 0.338 e. The molecule has 2 N–H and O–H groups in total. The molecule has 1 aliphatic heterocycles. The molecule has 1 aromatic carbocycles. The van der Waals surface area contributed by atoms with E-state index in [2.05, 4.69) is 0 Å². The van der Waals surface area contributed by atoms with E-state index in [1.165, 1.54) is 0 Å². The Labute approximate surface area is 109 Å². The van der Waals surface area contributed by atoms with Gasteiger partial charge in [0.05, 0.1) is 16.6 Å². The second-order valence-corrected chi connectivity index (χ2v) is 6.19. The molecular weight excluding hydrogens is 277 g/mol. The molecule has 0 spiro atoms. The minimum Gasteiger partial charge on any atom is -0.478 e. The topological polar surface area (TPSA) is 94.9 Å². The van der Waals surface area contributed by atoms with Crippen molar-refractivity contribution in [2.75, 3.05) is 13.1 Å². The number of nitrogens with zero attached hydrogens (tertiary/aromatic N) is 1. The summed E-state index contributed by atoms with van der Waals surface area (Å²) in [4.78, 5) is 10.5. The fourth-order valence-corrected chi connectivity index (χ4v) is 3.43.